The van der Waals surface area contributed by atoms with Crippen molar-refractivity contribution in [3.8, 4) is 17.1 Å². The number of hydrogen-bond acceptors (Lipinski definition) is 2. The lowest BCUT2D eigenvalue weighted by molar-refractivity contribution is 0.236. The van der Waals surface area contributed by atoms with Gasteiger partial charge in [-0.2, -0.15) is 0 Å². The van der Waals surface area contributed by atoms with Crippen LogP contribution < -0.4 is 4.74 Å². The van der Waals surface area contributed by atoms with Crippen LogP contribution in [0.4, 0.5) is 0 Å². The van der Waals surface area contributed by atoms with Crippen LogP contribution in [0.3, 0.4) is 0 Å². The first-order valence-corrected chi connectivity index (χ1v) is 8.26. The second-order valence-electron chi connectivity index (χ2n) is 6.26. The van der Waals surface area contributed by atoms with E-state index in [1.54, 1.807) is 0 Å². The first kappa shape index (κ1) is 14.7. The molecule has 0 saturated heterocycles. The standard InChI is InChI=1S/C22H19NO/c1-15(2)24-22-20-10-6-5-9-18(20)14-21(23-22)19-12-11-16-7-3-4-8-17(16)13-19/h3-15H,1-2H3. The highest BCUT2D eigenvalue weighted by atomic mass is 16.5. The van der Waals surface area contributed by atoms with Gasteiger partial charge in [0.05, 0.1) is 11.8 Å². The highest BCUT2D eigenvalue weighted by molar-refractivity contribution is 5.92. The number of rotatable bonds is 3. The molecule has 2 heteroatoms. The van der Waals surface area contributed by atoms with Crippen molar-refractivity contribution in [3.05, 3.63) is 72.8 Å². The van der Waals surface area contributed by atoms with Crippen LogP contribution in [0.15, 0.2) is 72.8 Å². The van der Waals surface area contributed by atoms with Gasteiger partial charge in [-0.15, -0.1) is 0 Å². The molecule has 0 saturated carbocycles. The maximum absolute atomic E-state index is 5.97. The van der Waals surface area contributed by atoms with Gasteiger partial charge in [-0.1, -0.05) is 54.6 Å². The van der Waals surface area contributed by atoms with Gasteiger partial charge in [0.25, 0.3) is 0 Å². The molecule has 0 atom stereocenters. The average Bonchev–Trinajstić information content (AvgIpc) is 2.61. The number of benzene rings is 3. The number of pyridine rings is 1. The predicted molar refractivity (Wildman–Crippen MR) is 100 cm³/mol. The summed E-state index contributed by atoms with van der Waals surface area (Å²) in [6, 6.07) is 25.2. The smallest absolute Gasteiger partial charge is 0.222 e. The molecule has 0 spiro atoms. The Hall–Kier alpha value is -2.87. The molecule has 118 valence electrons. The van der Waals surface area contributed by atoms with Crippen molar-refractivity contribution in [1.82, 2.24) is 4.98 Å². The highest BCUT2D eigenvalue weighted by Crippen LogP contribution is 2.31. The Morgan fingerprint density at radius 3 is 2.25 bits per heavy atom. The average molecular weight is 313 g/mol. The van der Waals surface area contributed by atoms with Crippen LogP contribution in [0.1, 0.15) is 13.8 Å². The fourth-order valence-electron chi connectivity index (χ4n) is 2.98. The van der Waals surface area contributed by atoms with Crippen LogP contribution in [-0.4, -0.2) is 11.1 Å². The molecule has 1 heterocycles. The molecule has 0 radical (unpaired) electrons. The number of nitrogens with zero attached hydrogens (tertiary/aromatic N) is 1. The molecular formula is C22H19NO. The summed E-state index contributed by atoms with van der Waals surface area (Å²) in [6.07, 6.45) is 0.0905. The molecule has 24 heavy (non-hydrogen) atoms. The molecule has 0 aliphatic heterocycles. The van der Waals surface area contributed by atoms with Crippen LogP contribution in [0.25, 0.3) is 32.8 Å². The summed E-state index contributed by atoms with van der Waals surface area (Å²) < 4.78 is 5.97. The summed E-state index contributed by atoms with van der Waals surface area (Å²) in [5.74, 6) is 0.700. The molecule has 0 amide bonds. The molecule has 0 aliphatic rings. The Kier molecular flexibility index (Phi) is 3.66. The summed E-state index contributed by atoms with van der Waals surface area (Å²) in [6.45, 7) is 4.05. The number of fused-ring (bicyclic) bond motifs is 2. The summed E-state index contributed by atoms with van der Waals surface area (Å²) in [5.41, 5.74) is 2.04. The third-order valence-corrected chi connectivity index (χ3v) is 4.10. The molecular weight excluding hydrogens is 294 g/mol. The molecule has 0 fully saturated rings. The van der Waals surface area contributed by atoms with Crippen LogP contribution in [0.5, 0.6) is 5.88 Å². The van der Waals surface area contributed by atoms with Gasteiger partial charge in [-0.25, -0.2) is 4.98 Å². The lowest BCUT2D eigenvalue weighted by atomic mass is 10.0. The van der Waals surface area contributed by atoms with Gasteiger partial charge in [0.2, 0.25) is 5.88 Å². The van der Waals surface area contributed by atoms with E-state index in [0.717, 1.165) is 22.0 Å². The van der Waals surface area contributed by atoms with Crippen molar-refractivity contribution < 1.29 is 4.74 Å². The van der Waals surface area contributed by atoms with E-state index < -0.39 is 0 Å². The molecule has 0 unspecified atom stereocenters. The quantitative estimate of drug-likeness (QED) is 0.474. The minimum absolute atomic E-state index is 0.0905. The van der Waals surface area contributed by atoms with Crippen LogP contribution >= 0.6 is 0 Å². The van der Waals surface area contributed by atoms with Gasteiger partial charge >= 0.3 is 0 Å². The number of aromatic nitrogens is 1. The summed E-state index contributed by atoms with van der Waals surface area (Å²) in [4.78, 5) is 4.80. The van der Waals surface area contributed by atoms with Gasteiger partial charge in [0, 0.05) is 10.9 Å². The minimum Gasteiger partial charge on any atom is -0.474 e. The Labute approximate surface area is 141 Å². The molecule has 4 aromatic rings. The Morgan fingerprint density at radius 1 is 0.750 bits per heavy atom. The molecule has 2 nitrogen and oxygen atoms in total. The maximum Gasteiger partial charge on any atom is 0.222 e. The van der Waals surface area contributed by atoms with Crippen LogP contribution in [0.2, 0.25) is 0 Å². The van der Waals surface area contributed by atoms with Crippen LogP contribution in [-0.2, 0) is 0 Å². The van der Waals surface area contributed by atoms with E-state index in [9.17, 15) is 0 Å². The van der Waals surface area contributed by atoms with Crippen molar-refractivity contribution in [3.63, 3.8) is 0 Å². The summed E-state index contributed by atoms with van der Waals surface area (Å²) in [5, 5.41) is 4.65. The SMILES string of the molecule is CC(C)Oc1nc(-c2ccc3ccccc3c2)cc2ccccc12. The maximum atomic E-state index is 5.97. The largest absolute Gasteiger partial charge is 0.474 e. The van der Waals surface area contributed by atoms with Gasteiger partial charge in [-0.3, -0.25) is 0 Å². The lowest BCUT2D eigenvalue weighted by Crippen LogP contribution is -2.07. The summed E-state index contributed by atoms with van der Waals surface area (Å²) in [7, 11) is 0. The molecule has 0 aliphatic carbocycles. The normalized spacial score (nSPS) is 11.3. The third-order valence-electron chi connectivity index (χ3n) is 4.10. The Morgan fingerprint density at radius 2 is 1.46 bits per heavy atom. The zero-order chi connectivity index (χ0) is 16.5. The fraction of sp³-hybridized carbons (Fsp3) is 0.136. The number of ether oxygens (including phenoxy) is 1. The summed E-state index contributed by atoms with van der Waals surface area (Å²) >= 11 is 0. The van der Waals surface area contributed by atoms with E-state index in [4.69, 9.17) is 9.72 Å². The van der Waals surface area contributed by atoms with Gasteiger partial charge < -0.3 is 4.74 Å². The third kappa shape index (κ3) is 2.71. The van der Waals surface area contributed by atoms with E-state index >= 15 is 0 Å². The van der Waals surface area contributed by atoms with Gasteiger partial charge in [-0.05, 0) is 48.2 Å². The Balaban J connectivity index is 1.91. The second-order valence-corrected chi connectivity index (χ2v) is 6.26. The van der Waals surface area contributed by atoms with E-state index in [1.165, 1.54) is 10.8 Å². The monoisotopic (exact) mass is 313 g/mol. The van der Waals surface area contributed by atoms with E-state index in [1.807, 2.05) is 26.0 Å². The van der Waals surface area contributed by atoms with Gasteiger partial charge in [0.15, 0.2) is 0 Å². The topological polar surface area (TPSA) is 22.1 Å². The van der Waals surface area contributed by atoms with Crippen molar-refractivity contribution in [2.45, 2.75) is 20.0 Å². The van der Waals surface area contributed by atoms with Crippen LogP contribution in [0, 0.1) is 0 Å². The van der Waals surface area contributed by atoms with Crippen molar-refractivity contribution in [1.29, 1.82) is 0 Å². The highest BCUT2D eigenvalue weighted by Gasteiger charge is 2.10. The first-order valence-electron chi connectivity index (χ1n) is 8.26. The van der Waals surface area contributed by atoms with E-state index in [0.29, 0.717) is 5.88 Å². The Bertz CT molecular complexity index is 1020. The van der Waals surface area contributed by atoms with E-state index in [2.05, 4.69) is 60.7 Å². The van der Waals surface area contributed by atoms with Crippen molar-refractivity contribution in [2.75, 3.05) is 0 Å². The van der Waals surface area contributed by atoms with E-state index in [-0.39, 0.29) is 6.10 Å². The molecule has 4 rings (SSSR count). The van der Waals surface area contributed by atoms with Crippen molar-refractivity contribution in [2.24, 2.45) is 0 Å². The second kappa shape index (κ2) is 5.97. The number of hydrogen-bond donors (Lipinski definition) is 0. The molecule has 0 bridgehead atoms. The predicted octanol–water partition coefficient (Wildman–Crippen LogP) is 5.84. The molecule has 0 N–H and O–H groups in total. The molecule has 3 aromatic carbocycles. The minimum atomic E-state index is 0.0905. The zero-order valence-corrected chi connectivity index (χ0v) is 13.9. The van der Waals surface area contributed by atoms with Gasteiger partial charge in [0.1, 0.15) is 0 Å². The first-order chi connectivity index (χ1) is 11.7. The molecule has 1 aromatic heterocycles. The van der Waals surface area contributed by atoms with Crippen molar-refractivity contribution >= 4 is 21.5 Å². The fourth-order valence-corrected chi connectivity index (χ4v) is 2.98. The lowest BCUT2D eigenvalue weighted by Gasteiger charge is -2.13. The zero-order valence-electron chi connectivity index (χ0n) is 13.9.